The number of piperidine rings is 1. The number of hydrogen-bond donors (Lipinski definition) is 2. The zero-order valence-electron chi connectivity index (χ0n) is 14.7. The fourth-order valence-corrected chi connectivity index (χ4v) is 3.83. The smallest absolute Gasteiger partial charge is 0.240 e. The lowest BCUT2D eigenvalue weighted by molar-refractivity contribution is -0.123. The van der Waals surface area contributed by atoms with Gasteiger partial charge in [0.05, 0.1) is 11.8 Å². The molecule has 1 aliphatic heterocycles. The predicted octanol–water partition coefficient (Wildman–Crippen LogP) is 2.64. The second kappa shape index (κ2) is 6.81. The summed E-state index contributed by atoms with van der Waals surface area (Å²) in [6, 6.07) is 8.46. The van der Waals surface area contributed by atoms with Crippen LogP contribution in [0.1, 0.15) is 37.7 Å². The lowest BCUT2D eigenvalue weighted by Gasteiger charge is -2.33. The number of benzene rings is 1. The van der Waals surface area contributed by atoms with Crippen LogP contribution in [-0.2, 0) is 11.3 Å². The highest BCUT2D eigenvalue weighted by Crippen LogP contribution is 2.32. The lowest BCUT2D eigenvalue weighted by Crippen LogP contribution is -2.44. The number of nitrogens with zero attached hydrogens (tertiary/aromatic N) is 1. The summed E-state index contributed by atoms with van der Waals surface area (Å²) >= 11 is 0. The Bertz CT molecular complexity index is 750. The van der Waals surface area contributed by atoms with Crippen LogP contribution in [0.4, 0.5) is 0 Å². The van der Waals surface area contributed by atoms with E-state index in [2.05, 4.69) is 28.4 Å². The van der Waals surface area contributed by atoms with Crippen LogP contribution >= 0.6 is 0 Å². The summed E-state index contributed by atoms with van der Waals surface area (Å²) in [4.78, 5) is 14.4. The average molecular weight is 341 g/mol. The van der Waals surface area contributed by atoms with Crippen molar-refractivity contribution in [3.05, 3.63) is 36.1 Å². The molecular formula is C20H27N3O2. The van der Waals surface area contributed by atoms with E-state index >= 15 is 0 Å². The van der Waals surface area contributed by atoms with Gasteiger partial charge in [-0.2, -0.15) is 0 Å². The Balaban J connectivity index is 1.26. The number of amides is 1. The molecule has 2 aliphatic rings. The zero-order chi connectivity index (χ0) is 17.3. The van der Waals surface area contributed by atoms with Crippen LogP contribution in [-0.4, -0.2) is 36.0 Å². The summed E-state index contributed by atoms with van der Waals surface area (Å²) in [6.07, 6.45) is 6.92. The van der Waals surface area contributed by atoms with Gasteiger partial charge in [-0.25, -0.2) is 0 Å². The summed E-state index contributed by atoms with van der Waals surface area (Å²) < 4.78 is 5.41. The Morgan fingerprint density at radius 2 is 2.24 bits per heavy atom. The van der Waals surface area contributed by atoms with Gasteiger partial charge in [0.2, 0.25) is 5.91 Å². The van der Waals surface area contributed by atoms with E-state index in [0.29, 0.717) is 5.92 Å². The van der Waals surface area contributed by atoms with Crippen molar-refractivity contribution >= 4 is 16.9 Å². The Kier molecular flexibility index (Phi) is 4.52. The Morgan fingerprint density at radius 1 is 1.36 bits per heavy atom. The molecule has 1 saturated heterocycles. The van der Waals surface area contributed by atoms with Gasteiger partial charge in [-0.3, -0.25) is 9.69 Å². The molecule has 2 heterocycles. The van der Waals surface area contributed by atoms with E-state index < -0.39 is 5.54 Å². The van der Waals surface area contributed by atoms with Crippen molar-refractivity contribution in [2.45, 2.75) is 44.2 Å². The number of rotatable bonds is 6. The Morgan fingerprint density at radius 3 is 3.08 bits per heavy atom. The molecule has 0 bridgehead atoms. The molecule has 25 heavy (non-hydrogen) atoms. The molecule has 0 spiro atoms. The third-order valence-electron chi connectivity index (χ3n) is 5.61. The number of carbonyl (C=O) groups is 1. The number of likely N-dealkylation sites (tertiary alicyclic amines) is 1. The highest BCUT2D eigenvalue weighted by molar-refractivity contribution is 5.88. The number of nitrogens with one attached hydrogen (secondary N) is 1. The van der Waals surface area contributed by atoms with Gasteiger partial charge in [0.1, 0.15) is 5.58 Å². The molecule has 0 radical (unpaired) electrons. The minimum Gasteiger partial charge on any atom is -0.464 e. The van der Waals surface area contributed by atoms with E-state index in [1.165, 1.54) is 23.8 Å². The van der Waals surface area contributed by atoms with Gasteiger partial charge in [0, 0.05) is 25.0 Å². The van der Waals surface area contributed by atoms with Crippen LogP contribution in [0.3, 0.4) is 0 Å². The van der Waals surface area contributed by atoms with Crippen LogP contribution in [0.5, 0.6) is 0 Å². The van der Waals surface area contributed by atoms with E-state index in [9.17, 15) is 4.79 Å². The molecule has 134 valence electrons. The number of carbonyl (C=O) groups excluding carboxylic acids is 1. The van der Waals surface area contributed by atoms with Crippen molar-refractivity contribution in [3.63, 3.8) is 0 Å². The standard InChI is InChI=1S/C20H27N3O2/c21-20(7-8-20)19(24)22-9-5-15-2-1-10-23(13-15)14-16-3-4-18-17(12-16)6-11-25-18/h3-4,6,11-12,15H,1-2,5,7-10,13-14,21H2,(H,22,24)/t15-/m1/s1. The van der Waals surface area contributed by atoms with Gasteiger partial charge in [-0.1, -0.05) is 6.07 Å². The summed E-state index contributed by atoms with van der Waals surface area (Å²) in [5.74, 6) is 0.688. The van der Waals surface area contributed by atoms with Crippen molar-refractivity contribution in [1.82, 2.24) is 10.2 Å². The Labute approximate surface area is 148 Å². The molecule has 2 aromatic rings. The quantitative estimate of drug-likeness (QED) is 0.847. The topological polar surface area (TPSA) is 71.5 Å². The summed E-state index contributed by atoms with van der Waals surface area (Å²) in [5.41, 5.74) is 7.65. The van der Waals surface area contributed by atoms with Crippen LogP contribution < -0.4 is 11.1 Å². The number of fused-ring (bicyclic) bond motifs is 1. The van der Waals surface area contributed by atoms with Gasteiger partial charge in [0.15, 0.2) is 0 Å². The van der Waals surface area contributed by atoms with Gasteiger partial charge in [0.25, 0.3) is 0 Å². The summed E-state index contributed by atoms with van der Waals surface area (Å²) in [7, 11) is 0. The first kappa shape index (κ1) is 16.6. The molecule has 4 rings (SSSR count). The molecule has 1 atom stereocenters. The summed E-state index contributed by atoms with van der Waals surface area (Å²) in [6.45, 7) is 3.98. The van der Waals surface area contributed by atoms with Crippen molar-refractivity contribution < 1.29 is 9.21 Å². The van der Waals surface area contributed by atoms with Gasteiger partial charge in [-0.05, 0) is 68.3 Å². The molecule has 2 fully saturated rings. The van der Waals surface area contributed by atoms with Crippen LogP contribution in [0, 0.1) is 5.92 Å². The first-order valence-corrected chi connectivity index (χ1v) is 9.38. The van der Waals surface area contributed by atoms with Crippen LogP contribution in [0.25, 0.3) is 11.0 Å². The first-order chi connectivity index (χ1) is 12.1. The minimum absolute atomic E-state index is 0.0357. The molecule has 1 amide bonds. The van der Waals surface area contributed by atoms with Crippen LogP contribution in [0.2, 0.25) is 0 Å². The first-order valence-electron chi connectivity index (χ1n) is 9.38. The van der Waals surface area contributed by atoms with Gasteiger partial charge >= 0.3 is 0 Å². The zero-order valence-corrected chi connectivity index (χ0v) is 14.7. The maximum Gasteiger partial charge on any atom is 0.240 e. The third kappa shape index (κ3) is 3.88. The van der Waals surface area contributed by atoms with Crippen molar-refractivity contribution in [2.24, 2.45) is 11.7 Å². The fourth-order valence-electron chi connectivity index (χ4n) is 3.83. The molecule has 0 unspecified atom stereocenters. The normalized spacial score (nSPS) is 22.8. The maximum absolute atomic E-state index is 11.9. The molecule has 5 nitrogen and oxygen atoms in total. The highest BCUT2D eigenvalue weighted by atomic mass is 16.3. The number of furan rings is 1. The minimum atomic E-state index is -0.551. The van der Waals surface area contributed by atoms with E-state index in [1.807, 2.05) is 6.07 Å². The molecule has 1 aromatic heterocycles. The lowest BCUT2D eigenvalue weighted by atomic mass is 9.94. The average Bonchev–Trinajstić information content (AvgIpc) is 3.19. The molecule has 3 N–H and O–H groups in total. The SMILES string of the molecule is NC1(C(=O)NCC[C@H]2CCCN(Cc3ccc4occc4c3)C2)CC1. The highest BCUT2D eigenvalue weighted by Gasteiger charge is 2.45. The van der Waals surface area contributed by atoms with Crippen LogP contribution in [0.15, 0.2) is 34.9 Å². The van der Waals surface area contributed by atoms with Gasteiger partial charge in [-0.15, -0.1) is 0 Å². The van der Waals surface area contributed by atoms with Crippen molar-refractivity contribution in [3.8, 4) is 0 Å². The second-order valence-electron chi connectivity index (χ2n) is 7.74. The van der Waals surface area contributed by atoms with Crippen molar-refractivity contribution in [1.29, 1.82) is 0 Å². The molecular weight excluding hydrogens is 314 g/mol. The monoisotopic (exact) mass is 341 g/mol. The summed E-state index contributed by atoms with van der Waals surface area (Å²) in [5, 5.41) is 4.19. The molecule has 5 heteroatoms. The maximum atomic E-state index is 11.9. The molecule has 1 aromatic carbocycles. The predicted molar refractivity (Wildman–Crippen MR) is 98.0 cm³/mol. The molecule has 1 aliphatic carbocycles. The van der Waals surface area contributed by atoms with E-state index in [1.54, 1.807) is 6.26 Å². The molecule has 1 saturated carbocycles. The number of nitrogens with two attached hydrogens (primary N) is 1. The van der Waals surface area contributed by atoms with Gasteiger partial charge < -0.3 is 15.5 Å². The fraction of sp³-hybridized carbons (Fsp3) is 0.550. The van der Waals surface area contributed by atoms with Crippen molar-refractivity contribution in [2.75, 3.05) is 19.6 Å². The van der Waals surface area contributed by atoms with E-state index in [-0.39, 0.29) is 5.91 Å². The third-order valence-corrected chi connectivity index (χ3v) is 5.61. The number of hydrogen-bond acceptors (Lipinski definition) is 4. The van der Waals surface area contributed by atoms with E-state index in [4.69, 9.17) is 10.2 Å². The Hall–Kier alpha value is -1.85. The second-order valence-corrected chi connectivity index (χ2v) is 7.74. The largest absolute Gasteiger partial charge is 0.464 e. The van der Waals surface area contributed by atoms with E-state index in [0.717, 1.165) is 51.0 Å².